The second-order valence-corrected chi connectivity index (χ2v) is 2.83. The van der Waals surface area contributed by atoms with Gasteiger partial charge in [0.2, 0.25) is 0 Å². The molecule has 1 radical (unpaired) electrons. The summed E-state index contributed by atoms with van der Waals surface area (Å²) >= 11 is 0. The van der Waals surface area contributed by atoms with Crippen molar-refractivity contribution in [2.24, 2.45) is 0 Å². The summed E-state index contributed by atoms with van der Waals surface area (Å²) in [5, 5.41) is 1.95. The zero-order valence-corrected chi connectivity index (χ0v) is 6.55. The zero-order valence-electron chi connectivity index (χ0n) is 6.55. The molecule has 59 valence electrons. The quantitative estimate of drug-likeness (QED) is 0.554. The van der Waals surface area contributed by atoms with Crippen molar-refractivity contribution in [1.29, 1.82) is 0 Å². The molecule has 0 N–H and O–H groups in total. The van der Waals surface area contributed by atoms with Crippen molar-refractivity contribution in [3.63, 3.8) is 0 Å². The molecule has 0 fully saturated rings. The van der Waals surface area contributed by atoms with Gasteiger partial charge >= 0.3 is 0 Å². The predicted molar refractivity (Wildman–Crippen MR) is 48.4 cm³/mol. The van der Waals surface area contributed by atoms with Crippen molar-refractivity contribution < 1.29 is 4.39 Å². The smallest absolute Gasteiger partial charge is 0.123 e. The fourth-order valence-corrected chi connectivity index (χ4v) is 1.27. The lowest BCUT2D eigenvalue weighted by Gasteiger charge is -1.98. The van der Waals surface area contributed by atoms with Crippen molar-refractivity contribution in [3.05, 3.63) is 54.7 Å². The third-order valence-corrected chi connectivity index (χ3v) is 1.87. The summed E-state index contributed by atoms with van der Waals surface area (Å²) in [4.78, 5) is 0. The minimum Gasteiger partial charge on any atom is -0.207 e. The zero-order chi connectivity index (χ0) is 8.55. The van der Waals surface area contributed by atoms with Gasteiger partial charge in [-0.15, -0.1) is 0 Å². The average Bonchev–Trinajstić information content (AvgIpc) is 2.03. The van der Waals surface area contributed by atoms with Crippen molar-refractivity contribution in [3.8, 4) is 0 Å². The van der Waals surface area contributed by atoms with E-state index in [1.54, 1.807) is 6.07 Å². The van der Waals surface area contributed by atoms with E-state index in [4.69, 9.17) is 0 Å². The van der Waals surface area contributed by atoms with Crippen LogP contribution in [0.5, 0.6) is 0 Å². The summed E-state index contributed by atoms with van der Waals surface area (Å²) in [6.45, 7) is 3.78. The molecule has 0 saturated heterocycles. The molecular weight excluding hydrogens is 151 g/mol. The molecule has 12 heavy (non-hydrogen) atoms. The van der Waals surface area contributed by atoms with E-state index in [0.29, 0.717) is 0 Å². The Labute approximate surface area is 70.6 Å². The van der Waals surface area contributed by atoms with Crippen LogP contribution < -0.4 is 0 Å². The molecule has 0 amide bonds. The Balaban J connectivity index is 2.80. The van der Waals surface area contributed by atoms with Crippen LogP contribution in [0.3, 0.4) is 0 Å². The van der Waals surface area contributed by atoms with Gasteiger partial charge in [0.15, 0.2) is 0 Å². The lowest BCUT2D eigenvalue weighted by Crippen LogP contribution is -1.77. The highest BCUT2D eigenvalue weighted by Crippen LogP contribution is 2.16. The first-order chi connectivity index (χ1) is 5.75. The van der Waals surface area contributed by atoms with E-state index in [1.165, 1.54) is 12.1 Å². The first-order valence-corrected chi connectivity index (χ1v) is 3.77. The lowest BCUT2D eigenvalue weighted by atomic mass is 10.1. The highest BCUT2D eigenvalue weighted by atomic mass is 19.1. The molecule has 0 aliphatic rings. The highest BCUT2D eigenvalue weighted by molar-refractivity contribution is 5.83. The molecule has 0 heterocycles. The lowest BCUT2D eigenvalue weighted by molar-refractivity contribution is 0.630. The molecule has 0 spiro atoms. The van der Waals surface area contributed by atoms with Gasteiger partial charge in [-0.25, -0.2) is 4.39 Å². The molecule has 2 aromatic rings. The number of hydrogen-bond donors (Lipinski definition) is 0. The van der Waals surface area contributed by atoms with Gasteiger partial charge in [-0.1, -0.05) is 24.3 Å². The van der Waals surface area contributed by atoms with Gasteiger partial charge in [0.05, 0.1) is 0 Å². The van der Waals surface area contributed by atoms with Gasteiger partial charge in [0, 0.05) is 0 Å². The van der Waals surface area contributed by atoms with Crippen LogP contribution in [-0.4, -0.2) is 0 Å². The summed E-state index contributed by atoms with van der Waals surface area (Å²) in [5.41, 5.74) is 0.910. The minimum absolute atomic E-state index is 0.201. The van der Waals surface area contributed by atoms with Crippen LogP contribution in [0.2, 0.25) is 0 Å². The van der Waals surface area contributed by atoms with E-state index in [1.807, 2.05) is 18.2 Å². The van der Waals surface area contributed by atoms with Crippen LogP contribution >= 0.6 is 0 Å². The van der Waals surface area contributed by atoms with E-state index >= 15 is 0 Å². The van der Waals surface area contributed by atoms with Crippen LogP contribution in [0.4, 0.5) is 4.39 Å². The van der Waals surface area contributed by atoms with E-state index in [-0.39, 0.29) is 5.82 Å². The number of benzene rings is 2. The molecule has 0 aliphatic carbocycles. The first kappa shape index (κ1) is 7.29. The Bertz CT molecular complexity index is 382. The average molecular weight is 159 g/mol. The van der Waals surface area contributed by atoms with Crippen LogP contribution in [0.25, 0.3) is 10.8 Å². The standard InChI is InChI=1S/C11H8F/c1-8-2-3-9-4-5-11(12)7-10(9)6-8/h2-7H,1H2. The molecule has 0 nitrogen and oxygen atoms in total. The Hall–Kier alpha value is -1.37. The number of halogens is 1. The summed E-state index contributed by atoms with van der Waals surface area (Å²) in [6.07, 6.45) is 0. The van der Waals surface area contributed by atoms with Crippen LogP contribution in [0.15, 0.2) is 36.4 Å². The second kappa shape index (κ2) is 2.59. The van der Waals surface area contributed by atoms with Gasteiger partial charge in [0.1, 0.15) is 5.82 Å². The van der Waals surface area contributed by atoms with Gasteiger partial charge in [-0.2, -0.15) is 0 Å². The largest absolute Gasteiger partial charge is 0.207 e. The molecule has 2 aromatic carbocycles. The summed E-state index contributed by atoms with van der Waals surface area (Å²) in [5.74, 6) is -0.201. The maximum absolute atomic E-state index is 12.7. The number of hydrogen-bond acceptors (Lipinski definition) is 0. The summed E-state index contributed by atoms with van der Waals surface area (Å²) in [7, 11) is 0. The van der Waals surface area contributed by atoms with Crippen molar-refractivity contribution in [1.82, 2.24) is 0 Å². The molecule has 0 aliphatic heterocycles. The van der Waals surface area contributed by atoms with Gasteiger partial charge < -0.3 is 0 Å². The Kier molecular flexibility index (Phi) is 1.58. The molecular formula is C11H8F. The van der Waals surface area contributed by atoms with Crippen molar-refractivity contribution >= 4 is 10.8 Å². The molecule has 0 saturated carbocycles. The first-order valence-electron chi connectivity index (χ1n) is 3.77. The third kappa shape index (κ3) is 1.18. The van der Waals surface area contributed by atoms with Crippen molar-refractivity contribution in [2.75, 3.05) is 0 Å². The van der Waals surface area contributed by atoms with Crippen LogP contribution in [-0.2, 0) is 0 Å². The third-order valence-electron chi connectivity index (χ3n) is 1.87. The normalized spacial score (nSPS) is 10.5. The molecule has 0 aromatic heterocycles. The van der Waals surface area contributed by atoms with E-state index in [2.05, 4.69) is 6.92 Å². The molecule has 0 bridgehead atoms. The fourth-order valence-electron chi connectivity index (χ4n) is 1.27. The molecule has 0 unspecified atom stereocenters. The van der Waals surface area contributed by atoms with Gasteiger partial charge in [0.25, 0.3) is 0 Å². The highest BCUT2D eigenvalue weighted by Gasteiger charge is 1.94. The summed E-state index contributed by atoms with van der Waals surface area (Å²) < 4.78 is 12.7. The Morgan fingerprint density at radius 2 is 1.67 bits per heavy atom. The minimum atomic E-state index is -0.201. The maximum Gasteiger partial charge on any atom is 0.123 e. The number of fused-ring (bicyclic) bond motifs is 1. The van der Waals surface area contributed by atoms with Gasteiger partial charge in [-0.05, 0) is 35.4 Å². The van der Waals surface area contributed by atoms with E-state index in [9.17, 15) is 4.39 Å². The summed E-state index contributed by atoms with van der Waals surface area (Å²) in [6, 6.07) is 10.5. The number of rotatable bonds is 0. The molecule has 2 rings (SSSR count). The Morgan fingerprint density at radius 1 is 0.917 bits per heavy atom. The fraction of sp³-hybridized carbons (Fsp3) is 0. The maximum atomic E-state index is 12.7. The molecule has 0 atom stereocenters. The van der Waals surface area contributed by atoms with Crippen molar-refractivity contribution in [2.45, 2.75) is 0 Å². The monoisotopic (exact) mass is 159 g/mol. The van der Waals surface area contributed by atoms with Crippen LogP contribution in [0, 0.1) is 12.7 Å². The van der Waals surface area contributed by atoms with E-state index < -0.39 is 0 Å². The van der Waals surface area contributed by atoms with E-state index in [0.717, 1.165) is 16.3 Å². The predicted octanol–water partition coefficient (Wildman–Crippen LogP) is 3.16. The molecule has 1 heteroatoms. The van der Waals surface area contributed by atoms with Gasteiger partial charge in [-0.3, -0.25) is 0 Å². The topological polar surface area (TPSA) is 0 Å². The second-order valence-electron chi connectivity index (χ2n) is 2.83. The van der Waals surface area contributed by atoms with Crippen LogP contribution in [0.1, 0.15) is 5.56 Å². The SMILES string of the molecule is [CH2]c1ccc2ccc(F)cc2c1. The Morgan fingerprint density at radius 3 is 2.50 bits per heavy atom.